The van der Waals surface area contributed by atoms with Gasteiger partial charge in [-0.25, -0.2) is 8.42 Å². The second-order valence-electron chi connectivity index (χ2n) is 5.02. The first kappa shape index (κ1) is 15.7. The number of anilines is 1. The van der Waals surface area contributed by atoms with Gasteiger partial charge in [0.1, 0.15) is 10.7 Å². The Morgan fingerprint density at radius 3 is 2.35 bits per heavy atom. The van der Waals surface area contributed by atoms with E-state index in [4.69, 9.17) is 0 Å². The van der Waals surface area contributed by atoms with Gasteiger partial charge in [0, 0.05) is 6.42 Å². The average molecular weight is 350 g/mol. The molecule has 23 heavy (non-hydrogen) atoms. The largest absolute Gasteiger partial charge is 0.342 e. The molecule has 2 aromatic rings. The summed E-state index contributed by atoms with van der Waals surface area (Å²) in [7, 11) is -7.28. The number of amidine groups is 1. The predicted octanol–water partition coefficient (Wildman–Crippen LogP) is 2.06. The fourth-order valence-corrected chi connectivity index (χ4v) is 4.69. The lowest BCUT2D eigenvalue weighted by Crippen LogP contribution is -2.24. The van der Waals surface area contributed by atoms with Crippen molar-refractivity contribution >= 4 is 31.4 Å². The lowest BCUT2D eigenvalue weighted by molar-refractivity contribution is 0.593. The summed E-state index contributed by atoms with van der Waals surface area (Å²) in [5, 5.41) is 2.88. The molecule has 0 unspecified atom stereocenters. The zero-order valence-corrected chi connectivity index (χ0v) is 13.6. The summed E-state index contributed by atoms with van der Waals surface area (Å²) in [6.45, 7) is 0. The monoisotopic (exact) mass is 350 g/mol. The molecule has 0 atom stereocenters. The fourth-order valence-electron chi connectivity index (χ4n) is 2.25. The number of para-hydroxylation sites is 1. The van der Waals surface area contributed by atoms with Gasteiger partial charge in [-0.15, -0.1) is 4.40 Å². The van der Waals surface area contributed by atoms with Crippen LogP contribution in [0.3, 0.4) is 0 Å². The van der Waals surface area contributed by atoms with E-state index in [1.165, 1.54) is 18.2 Å². The lowest BCUT2D eigenvalue weighted by Gasteiger charge is -2.17. The zero-order valence-electron chi connectivity index (χ0n) is 12.0. The van der Waals surface area contributed by atoms with E-state index in [2.05, 4.69) is 9.71 Å². The third-order valence-electron chi connectivity index (χ3n) is 3.38. The highest BCUT2D eigenvalue weighted by molar-refractivity contribution is 7.91. The van der Waals surface area contributed by atoms with E-state index in [-0.39, 0.29) is 27.8 Å². The number of hydrogen-bond acceptors (Lipinski definition) is 5. The second-order valence-corrected chi connectivity index (χ2v) is 8.70. The van der Waals surface area contributed by atoms with Gasteiger partial charge in [-0.05, 0) is 24.3 Å². The van der Waals surface area contributed by atoms with Gasteiger partial charge in [0.2, 0.25) is 0 Å². The first-order valence-electron chi connectivity index (χ1n) is 6.86. The molecule has 0 aromatic heterocycles. The lowest BCUT2D eigenvalue weighted by atomic mass is 10.3. The van der Waals surface area contributed by atoms with E-state index in [9.17, 15) is 16.8 Å². The quantitative estimate of drug-likeness (QED) is 0.911. The second kappa shape index (κ2) is 5.78. The normalized spacial score (nSPS) is 16.1. The first-order chi connectivity index (χ1) is 10.9. The number of fused-ring (bicyclic) bond motifs is 1. The number of nitrogens with zero attached hydrogens (tertiary/aromatic N) is 1. The molecule has 120 valence electrons. The van der Waals surface area contributed by atoms with Crippen molar-refractivity contribution in [2.24, 2.45) is 4.40 Å². The molecule has 0 aliphatic carbocycles. The molecule has 1 heterocycles. The van der Waals surface area contributed by atoms with E-state index in [1.54, 1.807) is 36.4 Å². The number of hydrogen-bond donors (Lipinski definition) is 1. The van der Waals surface area contributed by atoms with E-state index < -0.39 is 19.9 Å². The van der Waals surface area contributed by atoms with Gasteiger partial charge in [-0.1, -0.05) is 30.3 Å². The maximum Gasteiger partial charge on any atom is 0.286 e. The Balaban J connectivity index is 1.82. The summed E-state index contributed by atoms with van der Waals surface area (Å²) in [6, 6.07) is 14.4. The summed E-state index contributed by atoms with van der Waals surface area (Å²) < 4.78 is 52.4. The third kappa shape index (κ3) is 3.27. The predicted molar refractivity (Wildman–Crippen MR) is 87.8 cm³/mol. The molecule has 0 radical (unpaired) electrons. The molecule has 6 nitrogen and oxygen atoms in total. The van der Waals surface area contributed by atoms with E-state index in [0.717, 1.165) is 0 Å². The van der Waals surface area contributed by atoms with E-state index in [1.807, 2.05) is 0 Å². The molecule has 0 saturated carbocycles. The molecule has 1 aliphatic heterocycles. The summed E-state index contributed by atoms with van der Waals surface area (Å²) >= 11 is 0. The molecule has 1 aliphatic rings. The Labute approximate surface area is 134 Å². The van der Waals surface area contributed by atoms with Crippen molar-refractivity contribution in [2.75, 3.05) is 11.1 Å². The van der Waals surface area contributed by atoms with E-state index in [0.29, 0.717) is 5.69 Å². The Hall–Kier alpha value is -2.19. The van der Waals surface area contributed by atoms with Crippen molar-refractivity contribution in [2.45, 2.75) is 16.2 Å². The molecule has 0 saturated heterocycles. The van der Waals surface area contributed by atoms with Gasteiger partial charge < -0.3 is 5.32 Å². The van der Waals surface area contributed by atoms with Gasteiger partial charge >= 0.3 is 0 Å². The minimum absolute atomic E-state index is 0.00914. The highest BCUT2D eigenvalue weighted by Crippen LogP contribution is 2.27. The minimum atomic E-state index is -3.79. The fraction of sp³-hybridized carbons (Fsp3) is 0.133. The Morgan fingerprint density at radius 2 is 1.61 bits per heavy atom. The topological polar surface area (TPSA) is 92.7 Å². The van der Waals surface area contributed by atoms with Crippen LogP contribution >= 0.6 is 0 Å². The molecule has 0 spiro atoms. The van der Waals surface area contributed by atoms with Crippen molar-refractivity contribution < 1.29 is 16.8 Å². The summed E-state index contributed by atoms with van der Waals surface area (Å²) in [4.78, 5) is 0.300. The number of sulfonamides is 1. The van der Waals surface area contributed by atoms with Gasteiger partial charge in [-0.3, -0.25) is 0 Å². The number of rotatable bonds is 4. The van der Waals surface area contributed by atoms with Crippen LogP contribution in [0, 0.1) is 0 Å². The smallest absolute Gasteiger partial charge is 0.286 e. The van der Waals surface area contributed by atoms with Crippen LogP contribution in [0.2, 0.25) is 0 Å². The van der Waals surface area contributed by atoms with Crippen LogP contribution in [0.25, 0.3) is 0 Å². The molecule has 2 aromatic carbocycles. The highest BCUT2D eigenvalue weighted by Gasteiger charge is 2.25. The Bertz CT molecular complexity index is 966. The van der Waals surface area contributed by atoms with Gasteiger partial charge in [0.25, 0.3) is 10.0 Å². The molecule has 0 amide bonds. The van der Waals surface area contributed by atoms with Crippen LogP contribution in [-0.4, -0.2) is 28.4 Å². The molecular weight excluding hydrogens is 336 g/mol. The van der Waals surface area contributed by atoms with Crippen LogP contribution in [0.15, 0.2) is 68.8 Å². The third-order valence-corrected chi connectivity index (χ3v) is 6.49. The molecule has 0 bridgehead atoms. The molecule has 8 heteroatoms. The van der Waals surface area contributed by atoms with Crippen LogP contribution < -0.4 is 5.32 Å². The SMILES string of the molecule is O=S(=O)(CCC1=NS(=O)(=O)c2ccccc2N1)c1ccccc1. The maximum atomic E-state index is 12.2. The van der Waals surface area contributed by atoms with Crippen LogP contribution in [0.1, 0.15) is 6.42 Å². The van der Waals surface area contributed by atoms with Crippen LogP contribution in [0.5, 0.6) is 0 Å². The summed E-state index contributed by atoms with van der Waals surface area (Å²) in [5.41, 5.74) is 0.412. The van der Waals surface area contributed by atoms with Crippen molar-refractivity contribution in [3.8, 4) is 0 Å². The minimum Gasteiger partial charge on any atom is -0.342 e. The Kier molecular flexibility index (Phi) is 3.95. The van der Waals surface area contributed by atoms with Crippen molar-refractivity contribution in [1.82, 2.24) is 0 Å². The maximum absolute atomic E-state index is 12.2. The summed E-state index contributed by atoms with van der Waals surface area (Å²) in [6.07, 6.45) is -0.00914. The van der Waals surface area contributed by atoms with Crippen molar-refractivity contribution in [3.63, 3.8) is 0 Å². The van der Waals surface area contributed by atoms with Crippen LogP contribution in [-0.2, 0) is 19.9 Å². The molecule has 1 N–H and O–H groups in total. The van der Waals surface area contributed by atoms with Crippen molar-refractivity contribution in [1.29, 1.82) is 0 Å². The molecular formula is C15H14N2O4S2. The molecule has 3 rings (SSSR count). The first-order valence-corrected chi connectivity index (χ1v) is 9.95. The standard InChI is InChI=1S/C15H14N2O4S2/c18-22(19,12-6-2-1-3-7-12)11-10-15-16-13-8-4-5-9-14(13)23(20,21)17-15/h1-9H,10-11H2,(H,16,17). The summed E-state index contributed by atoms with van der Waals surface area (Å²) in [5.74, 6) is -0.0937. The van der Waals surface area contributed by atoms with Crippen LogP contribution in [0.4, 0.5) is 5.69 Å². The van der Waals surface area contributed by atoms with Crippen molar-refractivity contribution in [3.05, 3.63) is 54.6 Å². The zero-order chi connectivity index (χ0) is 16.5. The van der Waals surface area contributed by atoms with Gasteiger partial charge in [-0.2, -0.15) is 8.42 Å². The van der Waals surface area contributed by atoms with E-state index >= 15 is 0 Å². The Morgan fingerprint density at radius 1 is 0.957 bits per heavy atom. The number of benzene rings is 2. The van der Waals surface area contributed by atoms with Gasteiger partial charge in [0.05, 0.1) is 16.3 Å². The average Bonchev–Trinajstić information content (AvgIpc) is 2.53. The number of nitrogens with one attached hydrogen (secondary N) is 1. The molecule has 0 fully saturated rings. The number of sulfone groups is 1. The highest BCUT2D eigenvalue weighted by atomic mass is 32.2. The van der Waals surface area contributed by atoms with Gasteiger partial charge in [0.15, 0.2) is 9.84 Å².